The summed E-state index contributed by atoms with van der Waals surface area (Å²) in [6.07, 6.45) is -1.52. The number of alkyl halides is 3. The number of nitrogens with one attached hydrogen (secondary N) is 1. The Hall–Kier alpha value is -4.94. The molecule has 2 aromatic carbocycles. The Morgan fingerprint density at radius 1 is 1.00 bits per heavy atom. The third-order valence-electron chi connectivity index (χ3n) is 6.78. The number of hydrogen-bond acceptors (Lipinski definition) is 6. The van der Waals surface area contributed by atoms with Gasteiger partial charge in [0, 0.05) is 54.2 Å². The maximum absolute atomic E-state index is 12.8. The van der Waals surface area contributed by atoms with Gasteiger partial charge in [0.1, 0.15) is 5.69 Å². The number of carboxylic acid groups (broad SMARTS) is 1. The molecule has 0 saturated carbocycles. The molecule has 6 rings (SSSR count). The molecule has 0 aliphatic carbocycles. The largest absolute Gasteiger partial charge is 0.490 e. The lowest BCUT2D eigenvalue weighted by molar-refractivity contribution is -0.192. The SMILES string of the molecule is Cn1ccc2cc(NC(=O)N3CCC(c4nc(-c5ccc6ccccc6n5)no4)CC3)ccc21.O=C(O)C(F)(F)F. The molecule has 1 saturated heterocycles. The number of carboxylic acids is 1. The molecule has 1 aliphatic rings. The summed E-state index contributed by atoms with van der Waals surface area (Å²) in [6, 6.07) is 19.8. The second kappa shape index (κ2) is 11.3. The number of carbonyl (C=O) groups excluding carboxylic acids is 1. The van der Waals surface area contributed by atoms with E-state index in [0.29, 0.717) is 30.5 Å². The number of likely N-dealkylation sites (tertiary alicyclic amines) is 1. The first-order valence-corrected chi connectivity index (χ1v) is 12.7. The number of fused-ring (bicyclic) bond motifs is 2. The van der Waals surface area contributed by atoms with E-state index in [4.69, 9.17) is 14.4 Å². The lowest BCUT2D eigenvalue weighted by Gasteiger charge is -2.30. The van der Waals surface area contributed by atoms with Crippen molar-refractivity contribution in [3.05, 3.63) is 72.8 Å². The zero-order valence-electron chi connectivity index (χ0n) is 21.8. The zero-order chi connectivity index (χ0) is 29.1. The number of pyridine rings is 1. The molecular weight excluding hydrogens is 541 g/mol. The average molecular weight is 567 g/mol. The smallest absolute Gasteiger partial charge is 0.475 e. The van der Waals surface area contributed by atoms with E-state index in [1.807, 2.05) is 78.8 Å². The van der Waals surface area contributed by atoms with E-state index in [-0.39, 0.29) is 11.9 Å². The van der Waals surface area contributed by atoms with Crippen LogP contribution < -0.4 is 5.32 Å². The normalized spacial score (nSPS) is 14.1. The number of urea groups is 1. The van der Waals surface area contributed by atoms with Gasteiger partial charge in [-0.1, -0.05) is 29.4 Å². The molecule has 10 nitrogen and oxygen atoms in total. The van der Waals surface area contributed by atoms with Crippen LogP contribution in [-0.2, 0) is 11.8 Å². The molecular formula is C28H25F3N6O4. The molecule has 212 valence electrons. The standard InChI is InChI=1S/C26H24N6O2.C2HF3O2/c1-31-13-10-19-16-20(7-9-23(19)31)27-26(33)32-14-11-18(12-15-32)25-29-24(30-34-25)22-8-6-17-4-2-3-5-21(17)28-22;3-2(4,5)1(6)7/h2-10,13,16,18H,11-12,14-15H2,1H3,(H,27,33);(H,6,7). The van der Waals surface area contributed by atoms with Crippen molar-refractivity contribution in [2.24, 2.45) is 7.05 Å². The number of anilines is 1. The van der Waals surface area contributed by atoms with Crippen LogP contribution in [0, 0.1) is 0 Å². The third-order valence-corrected chi connectivity index (χ3v) is 6.78. The second-order valence-corrected chi connectivity index (χ2v) is 9.54. The van der Waals surface area contributed by atoms with E-state index >= 15 is 0 Å². The summed E-state index contributed by atoms with van der Waals surface area (Å²) < 4.78 is 39.4. The molecule has 0 spiro atoms. The highest BCUT2D eigenvalue weighted by atomic mass is 19.4. The van der Waals surface area contributed by atoms with Gasteiger partial charge in [0.25, 0.3) is 0 Å². The Labute approximate surface area is 231 Å². The number of carbonyl (C=O) groups is 2. The highest BCUT2D eigenvalue weighted by molar-refractivity contribution is 5.93. The average Bonchev–Trinajstić information content (AvgIpc) is 3.60. The number of para-hydroxylation sites is 1. The number of rotatable bonds is 3. The molecule has 41 heavy (non-hydrogen) atoms. The van der Waals surface area contributed by atoms with E-state index < -0.39 is 12.1 Å². The van der Waals surface area contributed by atoms with Crippen LogP contribution in [0.1, 0.15) is 24.7 Å². The Bertz CT molecular complexity index is 1710. The van der Waals surface area contributed by atoms with Crippen LogP contribution in [0.5, 0.6) is 0 Å². The van der Waals surface area contributed by atoms with Crippen molar-refractivity contribution in [2.45, 2.75) is 24.9 Å². The van der Waals surface area contributed by atoms with E-state index in [0.717, 1.165) is 40.3 Å². The molecule has 2 N–H and O–H groups in total. The predicted octanol–water partition coefficient (Wildman–Crippen LogP) is 5.82. The minimum absolute atomic E-state index is 0.0830. The van der Waals surface area contributed by atoms with E-state index in [1.54, 1.807) is 0 Å². The molecule has 4 heterocycles. The van der Waals surface area contributed by atoms with Crippen molar-refractivity contribution < 1.29 is 32.4 Å². The fourth-order valence-electron chi connectivity index (χ4n) is 4.59. The summed E-state index contributed by atoms with van der Waals surface area (Å²) in [7, 11) is 2.01. The van der Waals surface area contributed by atoms with E-state index in [1.165, 1.54) is 0 Å². The molecule has 0 bridgehead atoms. The molecule has 13 heteroatoms. The van der Waals surface area contributed by atoms with Crippen LogP contribution >= 0.6 is 0 Å². The number of halogens is 3. The first kappa shape index (κ1) is 27.6. The van der Waals surface area contributed by atoms with Gasteiger partial charge >= 0.3 is 18.2 Å². The Morgan fingerprint density at radius 2 is 1.73 bits per heavy atom. The summed E-state index contributed by atoms with van der Waals surface area (Å²) in [4.78, 5) is 32.8. The molecule has 0 unspecified atom stereocenters. The number of benzene rings is 2. The Morgan fingerprint density at radius 3 is 2.46 bits per heavy atom. The van der Waals surface area contributed by atoms with Crippen LogP contribution in [0.4, 0.5) is 23.7 Å². The summed E-state index contributed by atoms with van der Waals surface area (Å²) >= 11 is 0. The minimum atomic E-state index is -5.08. The van der Waals surface area contributed by atoms with Crippen molar-refractivity contribution in [3.8, 4) is 11.5 Å². The van der Waals surface area contributed by atoms with Crippen LogP contribution in [-0.4, -0.2) is 61.0 Å². The van der Waals surface area contributed by atoms with Gasteiger partial charge in [-0.05, 0) is 49.2 Å². The van der Waals surface area contributed by atoms with Crippen molar-refractivity contribution in [1.29, 1.82) is 0 Å². The topological polar surface area (TPSA) is 126 Å². The van der Waals surface area contributed by atoms with Crippen LogP contribution in [0.25, 0.3) is 33.3 Å². The van der Waals surface area contributed by atoms with Crippen molar-refractivity contribution in [1.82, 2.24) is 24.6 Å². The van der Waals surface area contributed by atoms with Gasteiger partial charge in [0.2, 0.25) is 11.7 Å². The second-order valence-electron chi connectivity index (χ2n) is 9.54. The highest BCUT2D eigenvalue weighted by Gasteiger charge is 2.38. The minimum Gasteiger partial charge on any atom is -0.475 e. The van der Waals surface area contributed by atoms with Crippen LogP contribution in [0.2, 0.25) is 0 Å². The molecule has 2 amide bonds. The lowest BCUT2D eigenvalue weighted by Crippen LogP contribution is -2.40. The first-order chi connectivity index (χ1) is 19.6. The molecule has 1 aliphatic heterocycles. The van der Waals surface area contributed by atoms with Crippen molar-refractivity contribution in [3.63, 3.8) is 0 Å². The fraction of sp³-hybridized carbons (Fsp3) is 0.250. The summed E-state index contributed by atoms with van der Waals surface area (Å²) in [6.45, 7) is 1.27. The van der Waals surface area contributed by atoms with E-state index in [2.05, 4.69) is 25.0 Å². The number of aromatic nitrogens is 4. The van der Waals surface area contributed by atoms with Gasteiger partial charge in [0.15, 0.2) is 0 Å². The number of piperidine rings is 1. The molecule has 5 aromatic rings. The highest BCUT2D eigenvalue weighted by Crippen LogP contribution is 2.29. The number of aryl methyl sites for hydroxylation is 1. The number of hydrogen-bond donors (Lipinski definition) is 2. The summed E-state index contributed by atoms with van der Waals surface area (Å²) in [5.74, 6) is -1.52. The number of nitrogens with zero attached hydrogens (tertiary/aromatic N) is 5. The maximum Gasteiger partial charge on any atom is 0.490 e. The zero-order valence-corrected chi connectivity index (χ0v) is 21.8. The van der Waals surface area contributed by atoms with E-state index in [9.17, 15) is 18.0 Å². The Balaban J connectivity index is 0.000000431. The van der Waals surface area contributed by atoms with Crippen molar-refractivity contribution >= 4 is 39.5 Å². The molecule has 3 aromatic heterocycles. The van der Waals surface area contributed by atoms with Gasteiger partial charge < -0.3 is 24.4 Å². The van der Waals surface area contributed by atoms with Gasteiger partial charge in [0.05, 0.1) is 5.52 Å². The maximum atomic E-state index is 12.8. The summed E-state index contributed by atoms with van der Waals surface area (Å²) in [5.41, 5.74) is 3.53. The molecule has 1 fully saturated rings. The van der Waals surface area contributed by atoms with Gasteiger partial charge in [-0.2, -0.15) is 18.2 Å². The Kier molecular flexibility index (Phi) is 7.60. The summed E-state index contributed by atoms with van der Waals surface area (Å²) in [5, 5.41) is 16.5. The third kappa shape index (κ3) is 6.29. The molecule has 0 radical (unpaired) electrons. The fourth-order valence-corrected chi connectivity index (χ4v) is 4.59. The quantitative estimate of drug-likeness (QED) is 0.282. The molecule has 0 atom stereocenters. The van der Waals surface area contributed by atoms with Crippen LogP contribution in [0.15, 0.2) is 71.4 Å². The monoisotopic (exact) mass is 566 g/mol. The first-order valence-electron chi connectivity index (χ1n) is 12.7. The number of aliphatic carboxylic acids is 1. The van der Waals surface area contributed by atoms with Crippen LogP contribution in [0.3, 0.4) is 0 Å². The van der Waals surface area contributed by atoms with Gasteiger partial charge in [-0.25, -0.2) is 14.6 Å². The predicted molar refractivity (Wildman–Crippen MR) is 144 cm³/mol. The van der Waals surface area contributed by atoms with Crippen molar-refractivity contribution in [2.75, 3.05) is 18.4 Å². The lowest BCUT2D eigenvalue weighted by atomic mass is 9.97. The number of amides is 2. The van der Waals surface area contributed by atoms with Gasteiger partial charge in [-0.3, -0.25) is 0 Å². The van der Waals surface area contributed by atoms with Gasteiger partial charge in [-0.15, -0.1) is 0 Å².